The molecule has 0 radical (unpaired) electrons. The second kappa shape index (κ2) is 8.68. The number of carbonyl (C=O) groups is 1. The van der Waals surface area contributed by atoms with Gasteiger partial charge in [-0.2, -0.15) is 13.2 Å². The number of ether oxygens (including phenoxy) is 1. The van der Waals surface area contributed by atoms with Gasteiger partial charge in [-0.25, -0.2) is 14.4 Å². The van der Waals surface area contributed by atoms with Crippen LogP contribution in [0.2, 0.25) is 0 Å². The Morgan fingerprint density at radius 1 is 1.03 bits per heavy atom. The molecular formula is C20H15F4N3O2. The van der Waals surface area contributed by atoms with E-state index in [9.17, 15) is 22.4 Å². The monoisotopic (exact) mass is 405 g/mol. The zero-order valence-electron chi connectivity index (χ0n) is 14.9. The number of amides is 1. The normalized spacial score (nSPS) is 11.2. The van der Waals surface area contributed by atoms with Crippen LogP contribution in [0.25, 0.3) is 11.3 Å². The molecule has 1 aromatic heterocycles. The highest BCUT2D eigenvalue weighted by Gasteiger charge is 2.30. The molecule has 29 heavy (non-hydrogen) atoms. The van der Waals surface area contributed by atoms with Crippen molar-refractivity contribution in [1.29, 1.82) is 0 Å². The highest BCUT2D eigenvalue weighted by molar-refractivity contribution is 5.77. The zero-order chi connectivity index (χ0) is 20.9. The predicted molar refractivity (Wildman–Crippen MR) is 96.2 cm³/mol. The number of rotatable bonds is 6. The first-order valence-corrected chi connectivity index (χ1v) is 8.45. The molecule has 9 heteroatoms. The summed E-state index contributed by atoms with van der Waals surface area (Å²) in [5.74, 6) is -0.948. The van der Waals surface area contributed by atoms with Crippen molar-refractivity contribution < 1.29 is 27.1 Å². The summed E-state index contributed by atoms with van der Waals surface area (Å²) in [6.07, 6.45) is -3.17. The van der Waals surface area contributed by atoms with E-state index in [1.165, 1.54) is 30.6 Å². The third-order valence-electron chi connectivity index (χ3n) is 3.86. The van der Waals surface area contributed by atoms with Crippen LogP contribution in [0.5, 0.6) is 5.75 Å². The summed E-state index contributed by atoms with van der Waals surface area (Å²) < 4.78 is 56.2. The molecule has 1 amide bonds. The molecule has 0 saturated heterocycles. The summed E-state index contributed by atoms with van der Waals surface area (Å²) in [4.78, 5) is 20.1. The molecule has 0 fully saturated rings. The summed E-state index contributed by atoms with van der Waals surface area (Å²) in [6, 6.07) is 11.7. The Kier molecular flexibility index (Phi) is 6.06. The van der Waals surface area contributed by atoms with E-state index in [0.29, 0.717) is 17.0 Å². The van der Waals surface area contributed by atoms with E-state index in [1.807, 2.05) is 0 Å². The van der Waals surface area contributed by atoms with Gasteiger partial charge in [-0.3, -0.25) is 4.79 Å². The van der Waals surface area contributed by atoms with Crippen molar-refractivity contribution in [2.45, 2.75) is 12.7 Å². The third kappa shape index (κ3) is 5.74. The molecular weight excluding hydrogens is 390 g/mol. The Bertz CT molecular complexity index is 992. The van der Waals surface area contributed by atoms with Gasteiger partial charge in [0, 0.05) is 5.56 Å². The highest BCUT2D eigenvalue weighted by atomic mass is 19.4. The third-order valence-corrected chi connectivity index (χ3v) is 3.86. The number of aromatic nitrogens is 2. The fourth-order valence-corrected chi connectivity index (χ4v) is 2.42. The van der Waals surface area contributed by atoms with Gasteiger partial charge >= 0.3 is 6.18 Å². The van der Waals surface area contributed by atoms with Gasteiger partial charge in [0.15, 0.2) is 6.61 Å². The fraction of sp³-hybridized carbons (Fsp3) is 0.150. The minimum absolute atomic E-state index is 0.0596. The van der Waals surface area contributed by atoms with Gasteiger partial charge in [0.1, 0.15) is 17.9 Å². The van der Waals surface area contributed by atoms with Crippen molar-refractivity contribution in [3.05, 3.63) is 78.0 Å². The minimum atomic E-state index is -4.49. The summed E-state index contributed by atoms with van der Waals surface area (Å²) in [5.41, 5.74) is 0.898. The lowest BCUT2D eigenvalue weighted by atomic mass is 10.1. The van der Waals surface area contributed by atoms with Crippen molar-refractivity contribution in [3.63, 3.8) is 0 Å². The molecule has 0 atom stereocenters. The van der Waals surface area contributed by atoms with Crippen LogP contribution in [0.3, 0.4) is 0 Å². The maximum atomic E-state index is 13.0. The van der Waals surface area contributed by atoms with Crippen molar-refractivity contribution in [2.24, 2.45) is 0 Å². The smallest absolute Gasteiger partial charge is 0.416 e. The fourth-order valence-electron chi connectivity index (χ4n) is 2.42. The van der Waals surface area contributed by atoms with E-state index in [1.54, 1.807) is 18.2 Å². The van der Waals surface area contributed by atoms with Gasteiger partial charge in [-0.15, -0.1) is 0 Å². The molecule has 0 aliphatic rings. The van der Waals surface area contributed by atoms with Gasteiger partial charge in [0.05, 0.1) is 23.5 Å². The molecule has 0 saturated carbocycles. The summed E-state index contributed by atoms with van der Waals surface area (Å²) in [6.45, 7) is -0.376. The Hall–Kier alpha value is -3.49. The van der Waals surface area contributed by atoms with Crippen LogP contribution >= 0.6 is 0 Å². The molecule has 1 N–H and O–H groups in total. The maximum Gasteiger partial charge on any atom is 0.416 e. The van der Waals surface area contributed by atoms with E-state index in [2.05, 4.69) is 15.3 Å². The van der Waals surface area contributed by atoms with Crippen LogP contribution in [-0.4, -0.2) is 22.5 Å². The van der Waals surface area contributed by atoms with Gasteiger partial charge in [0.25, 0.3) is 5.91 Å². The lowest BCUT2D eigenvalue weighted by molar-refractivity contribution is -0.137. The number of halogens is 4. The van der Waals surface area contributed by atoms with Crippen molar-refractivity contribution >= 4 is 5.91 Å². The molecule has 0 spiro atoms. The quantitative estimate of drug-likeness (QED) is 0.630. The number of nitrogens with one attached hydrogen (secondary N) is 1. The average Bonchev–Trinajstić information content (AvgIpc) is 2.71. The van der Waals surface area contributed by atoms with Gasteiger partial charge < -0.3 is 10.1 Å². The second-order valence-corrected chi connectivity index (χ2v) is 5.99. The van der Waals surface area contributed by atoms with E-state index in [-0.39, 0.29) is 18.1 Å². The molecule has 0 aliphatic heterocycles. The first-order valence-electron chi connectivity index (χ1n) is 8.45. The summed E-state index contributed by atoms with van der Waals surface area (Å²) in [7, 11) is 0. The lowest BCUT2D eigenvalue weighted by Gasteiger charge is -2.10. The van der Waals surface area contributed by atoms with Crippen LogP contribution in [0.15, 0.2) is 60.9 Å². The number of nitrogens with zero attached hydrogens (tertiary/aromatic N) is 2. The molecule has 150 valence electrons. The van der Waals surface area contributed by atoms with Crippen molar-refractivity contribution in [3.8, 4) is 17.0 Å². The largest absolute Gasteiger partial charge is 0.484 e. The Labute approximate surface area is 163 Å². The molecule has 1 heterocycles. The van der Waals surface area contributed by atoms with Gasteiger partial charge in [-0.05, 0) is 48.5 Å². The van der Waals surface area contributed by atoms with Crippen LogP contribution < -0.4 is 10.1 Å². The molecule has 5 nitrogen and oxygen atoms in total. The van der Waals surface area contributed by atoms with E-state index in [4.69, 9.17) is 4.74 Å². The first-order chi connectivity index (χ1) is 13.8. The van der Waals surface area contributed by atoms with E-state index >= 15 is 0 Å². The molecule has 0 bridgehead atoms. The maximum absolute atomic E-state index is 13.0. The van der Waals surface area contributed by atoms with Crippen LogP contribution in [-0.2, 0) is 17.5 Å². The summed E-state index contributed by atoms with van der Waals surface area (Å²) >= 11 is 0. The van der Waals surface area contributed by atoms with Crippen LogP contribution in [0.4, 0.5) is 17.6 Å². The standard InChI is InChI=1S/C20H15F4N3O2/c21-15-6-4-13(5-7-15)18-9-16(26-12-27-18)10-25-19(28)11-29-17-3-1-2-14(8-17)20(22,23)24/h1-9,12H,10-11H2,(H,25,28). The first kappa shape index (κ1) is 20.2. The Morgan fingerprint density at radius 3 is 2.52 bits per heavy atom. The number of benzene rings is 2. The Balaban J connectivity index is 1.55. The van der Waals surface area contributed by atoms with Crippen LogP contribution in [0.1, 0.15) is 11.3 Å². The highest BCUT2D eigenvalue weighted by Crippen LogP contribution is 2.31. The number of hydrogen-bond acceptors (Lipinski definition) is 4. The zero-order valence-corrected chi connectivity index (χ0v) is 14.9. The number of alkyl halides is 3. The number of carbonyl (C=O) groups excluding carboxylic acids is 1. The predicted octanol–water partition coefficient (Wildman–Crippen LogP) is 4.00. The van der Waals surface area contributed by atoms with Crippen LogP contribution in [0, 0.1) is 5.82 Å². The molecule has 2 aromatic carbocycles. The SMILES string of the molecule is O=C(COc1cccc(C(F)(F)F)c1)NCc1cc(-c2ccc(F)cc2)ncn1. The van der Waals surface area contributed by atoms with Gasteiger partial charge in [0.2, 0.25) is 0 Å². The molecule has 3 aromatic rings. The van der Waals surface area contributed by atoms with Gasteiger partial charge in [-0.1, -0.05) is 6.07 Å². The van der Waals surface area contributed by atoms with E-state index < -0.39 is 24.3 Å². The summed E-state index contributed by atoms with van der Waals surface area (Å²) in [5, 5.41) is 2.57. The average molecular weight is 405 g/mol. The second-order valence-electron chi connectivity index (χ2n) is 5.99. The molecule has 3 rings (SSSR count). The molecule has 0 unspecified atom stereocenters. The number of hydrogen-bond donors (Lipinski definition) is 1. The van der Waals surface area contributed by atoms with Crippen molar-refractivity contribution in [1.82, 2.24) is 15.3 Å². The van der Waals surface area contributed by atoms with E-state index in [0.717, 1.165) is 12.1 Å². The topological polar surface area (TPSA) is 64.1 Å². The molecule has 0 aliphatic carbocycles. The lowest BCUT2D eigenvalue weighted by Crippen LogP contribution is -2.28. The minimum Gasteiger partial charge on any atom is -0.484 e. The Morgan fingerprint density at radius 2 is 1.79 bits per heavy atom. The van der Waals surface area contributed by atoms with Crippen molar-refractivity contribution in [2.75, 3.05) is 6.61 Å².